The van der Waals surface area contributed by atoms with E-state index in [1.165, 1.54) is 25.8 Å². The van der Waals surface area contributed by atoms with Crippen LogP contribution in [0.2, 0.25) is 0 Å². The maximum absolute atomic E-state index is 12.4. The minimum Gasteiger partial charge on any atom is -0.337 e. The lowest BCUT2D eigenvalue weighted by Crippen LogP contribution is -2.56. The molecule has 0 aliphatic carbocycles. The van der Waals surface area contributed by atoms with Crippen molar-refractivity contribution in [3.05, 3.63) is 24.3 Å². The molecule has 0 saturated carbocycles. The summed E-state index contributed by atoms with van der Waals surface area (Å²) >= 11 is 0. The normalized spacial score (nSPS) is 22.9. The summed E-state index contributed by atoms with van der Waals surface area (Å²) in [5.74, 6) is 0.0198. The Balaban J connectivity index is 1.65. The van der Waals surface area contributed by atoms with E-state index in [2.05, 4.69) is 21.9 Å². The summed E-state index contributed by atoms with van der Waals surface area (Å²) < 4.78 is 0. The van der Waals surface area contributed by atoms with E-state index in [0.717, 1.165) is 25.9 Å². The van der Waals surface area contributed by atoms with Crippen LogP contribution in [0.3, 0.4) is 0 Å². The van der Waals surface area contributed by atoms with Gasteiger partial charge in [-0.15, -0.1) is 0 Å². The highest BCUT2D eigenvalue weighted by Crippen LogP contribution is 2.36. The molecule has 3 heterocycles. The monoisotopic (exact) mass is 274 g/mol. The Morgan fingerprint density at radius 3 is 2.60 bits per heavy atom. The van der Waals surface area contributed by atoms with Gasteiger partial charge in [-0.05, 0) is 39.3 Å². The predicted octanol–water partition coefficient (Wildman–Crippen LogP) is 1.57. The fourth-order valence-electron chi connectivity index (χ4n) is 3.56. The molecule has 2 fully saturated rings. The lowest BCUT2D eigenvalue weighted by Gasteiger charge is -2.50. The summed E-state index contributed by atoms with van der Waals surface area (Å²) in [5.41, 5.74) is 0.789. The van der Waals surface area contributed by atoms with Gasteiger partial charge in [-0.1, -0.05) is 6.42 Å². The van der Waals surface area contributed by atoms with Crippen molar-refractivity contribution in [2.75, 3.05) is 26.7 Å². The van der Waals surface area contributed by atoms with E-state index in [-0.39, 0.29) is 5.91 Å². The van der Waals surface area contributed by atoms with E-state index in [4.69, 9.17) is 0 Å². The van der Waals surface area contributed by atoms with Crippen molar-refractivity contribution in [2.24, 2.45) is 0 Å². The highest BCUT2D eigenvalue weighted by atomic mass is 16.2. The average Bonchev–Trinajstić information content (AvgIpc) is 2.51. The topological polar surface area (TPSA) is 49.3 Å². The number of nitrogens with zero attached hydrogens (tertiary/aromatic N) is 4. The molecule has 0 atom stereocenters. The molecule has 3 rings (SSSR count). The van der Waals surface area contributed by atoms with E-state index in [1.807, 2.05) is 4.90 Å². The number of aromatic nitrogens is 2. The third kappa shape index (κ3) is 2.42. The molecule has 0 radical (unpaired) electrons. The van der Waals surface area contributed by atoms with Crippen LogP contribution in [0.1, 0.15) is 42.6 Å². The molecule has 108 valence electrons. The third-order valence-corrected chi connectivity index (χ3v) is 4.96. The van der Waals surface area contributed by atoms with Crippen molar-refractivity contribution in [2.45, 2.75) is 37.6 Å². The molecule has 20 heavy (non-hydrogen) atoms. The first kappa shape index (κ1) is 13.5. The number of amides is 1. The zero-order valence-electron chi connectivity index (χ0n) is 12.1. The van der Waals surface area contributed by atoms with Crippen molar-refractivity contribution in [1.82, 2.24) is 19.8 Å². The van der Waals surface area contributed by atoms with Crippen LogP contribution in [0.25, 0.3) is 0 Å². The smallest absolute Gasteiger partial charge is 0.274 e. The van der Waals surface area contributed by atoms with E-state index in [9.17, 15) is 4.79 Å². The quantitative estimate of drug-likeness (QED) is 0.780. The van der Waals surface area contributed by atoms with Gasteiger partial charge in [0.2, 0.25) is 0 Å². The number of piperidine rings is 2. The van der Waals surface area contributed by atoms with Gasteiger partial charge in [-0.25, -0.2) is 4.98 Å². The van der Waals surface area contributed by atoms with Gasteiger partial charge in [0.15, 0.2) is 0 Å². The van der Waals surface area contributed by atoms with Crippen LogP contribution in [0.5, 0.6) is 0 Å². The van der Waals surface area contributed by atoms with Crippen molar-refractivity contribution in [1.29, 1.82) is 0 Å². The second-order valence-corrected chi connectivity index (χ2v) is 5.99. The second-order valence-electron chi connectivity index (χ2n) is 5.99. The summed E-state index contributed by atoms with van der Waals surface area (Å²) in [6, 6.07) is 0. The van der Waals surface area contributed by atoms with Gasteiger partial charge in [-0.3, -0.25) is 9.78 Å². The zero-order valence-corrected chi connectivity index (χ0v) is 12.1. The Bertz CT molecular complexity index is 468. The Morgan fingerprint density at radius 2 is 1.95 bits per heavy atom. The molecular weight excluding hydrogens is 252 g/mol. The minimum atomic E-state index is 0.0198. The van der Waals surface area contributed by atoms with Crippen molar-refractivity contribution in [3.8, 4) is 0 Å². The molecule has 5 nitrogen and oxygen atoms in total. The number of carbonyl (C=O) groups is 1. The minimum absolute atomic E-state index is 0.0198. The summed E-state index contributed by atoms with van der Waals surface area (Å²) in [7, 11) is 2.24. The SMILES string of the molecule is CN1CCCCC12CCN(C(=O)c1cnccn1)CC2. The van der Waals surface area contributed by atoms with Gasteiger partial charge in [-0.2, -0.15) is 0 Å². The number of likely N-dealkylation sites (tertiary alicyclic amines) is 2. The molecule has 5 heteroatoms. The Kier molecular flexibility index (Phi) is 3.70. The molecule has 0 unspecified atom stereocenters. The van der Waals surface area contributed by atoms with Gasteiger partial charge in [0.1, 0.15) is 5.69 Å². The Labute approximate surface area is 120 Å². The van der Waals surface area contributed by atoms with Crippen molar-refractivity contribution < 1.29 is 4.79 Å². The van der Waals surface area contributed by atoms with Crippen LogP contribution < -0.4 is 0 Å². The number of rotatable bonds is 1. The van der Waals surface area contributed by atoms with Crippen molar-refractivity contribution >= 4 is 5.91 Å². The molecule has 2 aliphatic rings. The van der Waals surface area contributed by atoms with E-state index < -0.39 is 0 Å². The Hall–Kier alpha value is -1.49. The number of carbonyl (C=O) groups excluding carboxylic acids is 1. The van der Waals surface area contributed by atoms with Crippen LogP contribution in [0.15, 0.2) is 18.6 Å². The Morgan fingerprint density at radius 1 is 1.15 bits per heavy atom. The molecule has 1 spiro atoms. The molecule has 0 N–H and O–H groups in total. The summed E-state index contributed by atoms with van der Waals surface area (Å²) in [4.78, 5) is 24.9. The average molecular weight is 274 g/mol. The zero-order chi connectivity index (χ0) is 14.0. The first-order valence-electron chi connectivity index (χ1n) is 7.48. The summed E-state index contributed by atoms with van der Waals surface area (Å²) in [6.45, 7) is 2.86. The molecule has 0 aromatic carbocycles. The van der Waals surface area contributed by atoms with Crippen LogP contribution in [-0.4, -0.2) is 57.9 Å². The van der Waals surface area contributed by atoms with Gasteiger partial charge in [0.25, 0.3) is 5.91 Å². The second kappa shape index (κ2) is 5.48. The molecule has 2 saturated heterocycles. The highest BCUT2D eigenvalue weighted by Gasteiger charge is 2.40. The van der Waals surface area contributed by atoms with Crippen LogP contribution in [0, 0.1) is 0 Å². The predicted molar refractivity (Wildman–Crippen MR) is 76.4 cm³/mol. The van der Waals surface area contributed by atoms with Crippen LogP contribution in [0.4, 0.5) is 0 Å². The van der Waals surface area contributed by atoms with E-state index in [0.29, 0.717) is 11.2 Å². The van der Waals surface area contributed by atoms with E-state index >= 15 is 0 Å². The lowest BCUT2D eigenvalue weighted by molar-refractivity contribution is 0.0109. The maximum atomic E-state index is 12.4. The highest BCUT2D eigenvalue weighted by molar-refractivity contribution is 5.92. The van der Waals surface area contributed by atoms with Gasteiger partial charge >= 0.3 is 0 Å². The van der Waals surface area contributed by atoms with Crippen LogP contribution in [-0.2, 0) is 0 Å². The first-order chi connectivity index (χ1) is 9.71. The summed E-state index contributed by atoms with van der Waals surface area (Å²) in [5, 5.41) is 0. The van der Waals surface area contributed by atoms with E-state index in [1.54, 1.807) is 18.6 Å². The maximum Gasteiger partial charge on any atom is 0.274 e. The fourth-order valence-corrected chi connectivity index (χ4v) is 3.56. The lowest BCUT2D eigenvalue weighted by atomic mass is 9.79. The standard InChI is InChI=1S/C15H22N4O/c1-18-9-3-2-4-15(18)5-10-19(11-6-15)14(20)13-12-16-7-8-17-13/h7-8,12H,2-6,9-11H2,1H3. The summed E-state index contributed by atoms with van der Waals surface area (Å²) in [6.07, 6.45) is 10.8. The third-order valence-electron chi connectivity index (χ3n) is 4.96. The molecule has 1 amide bonds. The number of hydrogen-bond donors (Lipinski definition) is 0. The molecule has 1 aromatic heterocycles. The van der Waals surface area contributed by atoms with Crippen molar-refractivity contribution in [3.63, 3.8) is 0 Å². The molecular formula is C15H22N4O. The van der Waals surface area contributed by atoms with Crippen LogP contribution >= 0.6 is 0 Å². The first-order valence-corrected chi connectivity index (χ1v) is 7.48. The number of hydrogen-bond acceptors (Lipinski definition) is 4. The molecule has 1 aromatic rings. The molecule has 2 aliphatic heterocycles. The van der Waals surface area contributed by atoms with Gasteiger partial charge < -0.3 is 9.80 Å². The van der Waals surface area contributed by atoms with Gasteiger partial charge in [0, 0.05) is 31.0 Å². The largest absolute Gasteiger partial charge is 0.337 e. The van der Waals surface area contributed by atoms with Gasteiger partial charge in [0.05, 0.1) is 6.20 Å². The molecule has 0 bridgehead atoms. The fraction of sp³-hybridized carbons (Fsp3) is 0.667.